The topological polar surface area (TPSA) is 71.3 Å². The first-order chi connectivity index (χ1) is 14.2. The van der Waals surface area contributed by atoms with Crippen LogP contribution in [0.25, 0.3) is 16.8 Å². The zero-order valence-corrected chi connectivity index (χ0v) is 16.0. The van der Waals surface area contributed by atoms with Crippen LogP contribution in [-0.2, 0) is 4.79 Å². The highest BCUT2D eigenvalue weighted by molar-refractivity contribution is 6.11. The number of nitrogens with one attached hydrogen (secondary N) is 1. The van der Waals surface area contributed by atoms with Crippen molar-refractivity contribution in [1.82, 2.24) is 0 Å². The Morgan fingerprint density at radius 3 is 2.59 bits per heavy atom. The third-order valence-electron chi connectivity index (χ3n) is 4.29. The zero-order chi connectivity index (χ0) is 20.6. The number of carbonyl (C=O) groups excluding carboxylic acids is 1. The molecule has 0 fully saturated rings. The van der Waals surface area contributed by atoms with Crippen LogP contribution in [0.5, 0.6) is 11.5 Å². The number of hydrogen-bond donors (Lipinski definition) is 1. The van der Waals surface area contributed by atoms with E-state index in [2.05, 4.69) is 11.9 Å². The van der Waals surface area contributed by atoms with E-state index in [1.807, 2.05) is 42.5 Å². The SMILES string of the molecule is C=CCOc1ccc2ccccc2c1/C=C(\C#N)C(=O)Nc1ccc(OC)cc1. The van der Waals surface area contributed by atoms with Crippen molar-refractivity contribution in [2.45, 2.75) is 0 Å². The maximum atomic E-state index is 12.7. The minimum Gasteiger partial charge on any atom is -0.497 e. The van der Waals surface area contributed by atoms with E-state index in [4.69, 9.17) is 9.47 Å². The maximum absolute atomic E-state index is 12.7. The fourth-order valence-electron chi connectivity index (χ4n) is 2.86. The number of nitrogens with zero attached hydrogens (tertiary/aromatic N) is 1. The Labute approximate surface area is 169 Å². The van der Waals surface area contributed by atoms with Gasteiger partial charge in [0.1, 0.15) is 29.7 Å². The summed E-state index contributed by atoms with van der Waals surface area (Å²) < 4.78 is 10.9. The van der Waals surface area contributed by atoms with Gasteiger partial charge in [-0.15, -0.1) is 0 Å². The number of hydrogen-bond acceptors (Lipinski definition) is 4. The van der Waals surface area contributed by atoms with Gasteiger partial charge >= 0.3 is 0 Å². The number of fused-ring (bicyclic) bond motifs is 1. The molecule has 1 N–H and O–H groups in total. The molecule has 144 valence electrons. The second-order valence-corrected chi connectivity index (χ2v) is 6.15. The summed E-state index contributed by atoms with van der Waals surface area (Å²) in [6, 6.07) is 20.4. The van der Waals surface area contributed by atoms with Gasteiger partial charge in [-0.3, -0.25) is 4.79 Å². The molecule has 29 heavy (non-hydrogen) atoms. The van der Waals surface area contributed by atoms with Gasteiger partial charge in [0.2, 0.25) is 0 Å². The first-order valence-electron chi connectivity index (χ1n) is 8.99. The molecule has 0 bridgehead atoms. The van der Waals surface area contributed by atoms with Gasteiger partial charge in [0, 0.05) is 11.3 Å². The summed E-state index contributed by atoms with van der Waals surface area (Å²) in [5, 5.41) is 14.2. The molecule has 0 unspecified atom stereocenters. The molecule has 0 radical (unpaired) electrons. The lowest BCUT2D eigenvalue weighted by atomic mass is 10.0. The molecule has 3 aromatic carbocycles. The first-order valence-corrected chi connectivity index (χ1v) is 8.99. The summed E-state index contributed by atoms with van der Waals surface area (Å²) in [6.07, 6.45) is 3.20. The predicted octanol–water partition coefficient (Wildman–Crippen LogP) is 4.96. The summed E-state index contributed by atoms with van der Waals surface area (Å²) in [4.78, 5) is 12.7. The summed E-state index contributed by atoms with van der Waals surface area (Å²) in [7, 11) is 1.57. The zero-order valence-electron chi connectivity index (χ0n) is 16.0. The molecule has 0 aliphatic carbocycles. The van der Waals surface area contributed by atoms with E-state index in [1.54, 1.807) is 43.5 Å². The lowest BCUT2D eigenvalue weighted by Crippen LogP contribution is -2.13. The van der Waals surface area contributed by atoms with Gasteiger partial charge in [0.05, 0.1) is 7.11 Å². The lowest BCUT2D eigenvalue weighted by molar-refractivity contribution is -0.112. The lowest BCUT2D eigenvalue weighted by Gasteiger charge is -2.11. The van der Waals surface area contributed by atoms with E-state index in [0.29, 0.717) is 29.4 Å². The van der Waals surface area contributed by atoms with Crippen LogP contribution in [0.3, 0.4) is 0 Å². The van der Waals surface area contributed by atoms with Crippen molar-refractivity contribution in [3.63, 3.8) is 0 Å². The molecular weight excluding hydrogens is 364 g/mol. The first kappa shape index (κ1) is 19.7. The second kappa shape index (κ2) is 9.25. The number of rotatable bonds is 7. The van der Waals surface area contributed by atoms with E-state index in [1.165, 1.54) is 0 Å². The van der Waals surface area contributed by atoms with Crippen LogP contribution >= 0.6 is 0 Å². The van der Waals surface area contributed by atoms with Gasteiger partial charge in [0.25, 0.3) is 5.91 Å². The molecule has 0 aromatic heterocycles. The van der Waals surface area contributed by atoms with Gasteiger partial charge < -0.3 is 14.8 Å². The molecule has 0 aliphatic rings. The molecule has 0 atom stereocenters. The van der Waals surface area contributed by atoms with Gasteiger partial charge in [-0.2, -0.15) is 5.26 Å². The molecule has 5 nitrogen and oxygen atoms in total. The highest BCUT2D eigenvalue weighted by Gasteiger charge is 2.13. The minimum atomic E-state index is -0.500. The Kier molecular flexibility index (Phi) is 6.29. The summed E-state index contributed by atoms with van der Waals surface area (Å²) in [6.45, 7) is 3.99. The number of carbonyl (C=O) groups is 1. The van der Waals surface area contributed by atoms with Gasteiger partial charge in [0.15, 0.2) is 0 Å². The van der Waals surface area contributed by atoms with Crippen molar-refractivity contribution in [2.24, 2.45) is 0 Å². The standard InChI is InChI=1S/C24H20N2O3/c1-3-14-29-23-13-8-17-6-4-5-7-21(17)22(23)15-18(16-25)24(27)26-19-9-11-20(28-2)12-10-19/h3-13,15H,1,14H2,2H3,(H,26,27)/b18-15+. The molecule has 5 heteroatoms. The Hall–Kier alpha value is -4.04. The molecule has 0 heterocycles. The third-order valence-corrected chi connectivity index (χ3v) is 4.29. The molecule has 0 saturated heterocycles. The van der Waals surface area contributed by atoms with Crippen molar-refractivity contribution in [1.29, 1.82) is 5.26 Å². The van der Waals surface area contributed by atoms with Crippen LogP contribution < -0.4 is 14.8 Å². The number of ether oxygens (including phenoxy) is 2. The number of benzene rings is 3. The smallest absolute Gasteiger partial charge is 0.266 e. The van der Waals surface area contributed by atoms with E-state index in [0.717, 1.165) is 10.8 Å². The van der Waals surface area contributed by atoms with Crippen molar-refractivity contribution in [3.05, 3.63) is 84.5 Å². The maximum Gasteiger partial charge on any atom is 0.266 e. The van der Waals surface area contributed by atoms with Gasteiger partial charge in [-0.05, 0) is 47.2 Å². The van der Waals surface area contributed by atoms with E-state index in [9.17, 15) is 10.1 Å². The molecule has 1 amide bonds. The molecule has 3 aromatic rings. The van der Waals surface area contributed by atoms with Crippen molar-refractivity contribution in [3.8, 4) is 17.6 Å². The van der Waals surface area contributed by atoms with E-state index in [-0.39, 0.29) is 5.57 Å². The Morgan fingerprint density at radius 1 is 1.14 bits per heavy atom. The Morgan fingerprint density at radius 2 is 1.90 bits per heavy atom. The average molecular weight is 384 g/mol. The molecule has 3 rings (SSSR count). The van der Waals surface area contributed by atoms with Crippen molar-refractivity contribution < 1.29 is 14.3 Å². The van der Waals surface area contributed by atoms with Crippen LogP contribution in [0, 0.1) is 11.3 Å². The number of anilines is 1. The Balaban J connectivity index is 1.98. The largest absolute Gasteiger partial charge is 0.497 e. The van der Waals surface area contributed by atoms with Crippen LogP contribution in [0.4, 0.5) is 5.69 Å². The summed E-state index contributed by atoms with van der Waals surface area (Å²) in [5.41, 5.74) is 1.21. The number of nitriles is 1. The summed E-state index contributed by atoms with van der Waals surface area (Å²) >= 11 is 0. The molecular formula is C24H20N2O3. The quantitative estimate of drug-likeness (QED) is 0.355. The number of methoxy groups -OCH3 is 1. The van der Waals surface area contributed by atoms with Crippen LogP contribution in [0.2, 0.25) is 0 Å². The van der Waals surface area contributed by atoms with Crippen molar-refractivity contribution in [2.75, 3.05) is 19.0 Å². The minimum absolute atomic E-state index is 0.0272. The van der Waals surface area contributed by atoms with Crippen LogP contribution in [-0.4, -0.2) is 19.6 Å². The van der Waals surface area contributed by atoms with E-state index < -0.39 is 5.91 Å². The van der Waals surface area contributed by atoms with Crippen LogP contribution in [0.15, 0.2) is 78.9 Å². The van der Waals surface area contributed by atoms with Crippen molar-refractivity contribution >= 4 is 28.4 Å². The fourth-order valence-corrected chi connectivity index (χ4v) is 2.86. The normalized spacial score (nSPS) is 10.8. The highest BCUT2D eigenvalue weighted by atomic mass is 16.5. The number of amides is 1. The van der Waals surface area contributed by atoms with Gasteiger partial charge in [-0.1, -0.05) is 43.0 Å². The monoisotopic (exact) mass is 384 g/mol. The third kappa shape index (κ3) is 4.63. The summed E-state index contributed by atoms with van der Waals surface area (Å²) in [5.74, 6) is 0.757. The average Bonchev–Trinajstić information content (AvgIpc) is 2.76. The second-order valence-electron chi connectivity index (χ2n) is 6.15. The molecule has 0 saturated carbocycles. The molecule has 0 spiro atoms. The Bertz CT molecular complexity index is 1110. The van der Waals surface area contributed by atoms with E-state index >= 15 is 0 Å². The highest BCUT2D eigenvalue weighted by Crippen LogP contribution is 2.30. The fraction of sp³-hybridized carbons (Fsp3) is 0.0833. The predicted molar refractivity (Wildman–Crippen MR) is 115 cm³/mol. The molecule has 0 aliphatic heterocycles. The van der Waals surface area contributed by atoms with Gasteiger partial charge in [-0.25, -0.2) is 0 Å². The van der Waals surface area contributed by atoms with Crippen LogP contribution in [0.1, 0.15) is 5.56 Å².